The number of primary amides is 1. The van der Waals surface area contributed by atoms with E-state index in [1.807, 2.05) is 0 Å². The summed E-state index contributed by atoms with van der Waals surface area (Å²) in [7, 11) is 0. The number of esters is 2. The van der Waals surface area contributed by atoms with Crippen LogP contribution in [0, 0.1) is 0 Å². The Hall–Kier alpha value is -2.54. The van der Waals surface area contributed by atoms with Crippen molar-refractivity contribution in [3.8, 4) is 0 Å². The number of benzene rings is 1. The largest absolute Gasteiger partial charge is 0.419 e. The van der Waals surface area contributed by atoms with Gasteiger partial charge >= 0.3 is 11.9 Å². The first-order valence-electron chi connectivity index (χ1n) is 6.22. The molecule has 0 saturated carbocycles. The van der Waals surface area contributed by atoms with Crippen LogP contribution in [0.5, 0.6) is 0 Å². The average molecular weight is 325 g/mol. The fourth-order valence-corrected chi connectivity index (χ4v) is 1.95. The van der Waals surface area contributed by atoms with Gasteiger partial charge in [-0.15, -0.1) is 0 Å². The Labute approximate surface area is 131 Å². The maximum absolute atomic E-state index is 11.8. The van der Waals surface area contributed by atoms with Gasteiger partial charge in [0.1, 0.15) is 0 Å². The SMILES string of the molecule is CC1(C)OC(=O)C(=CNc2ccc(Cl)cc2C(N)=O)C(=O)O1. The molecule has 1 saturated heterocycles. The predicted molar refractivity (Wildman–Crippen MR) is 77.9 cm³/mol. The number of nitrogens with one attached hydrogen (secondary N) is 1. The number of halogens is 1. The van der Waals surface area contributed by atoms with Crippen molar-refractivity contribution in [3.05, 3.63) is 40.6 Å². The molecule has 0 aliphatic carbocycles. The van der Waals surface area contributed by atoms with Crippen LogP contribution in [0.2, 0.25) is 5.02 Å². The van der Waals surface area contributed by atoms with Gasteiger partial charge in [0, 0.05) is 25.1 Å². The van der Waals surface area contributed by atoms with Gasteiger partial charge in [-0.1, -0.05) is 11.6 Å². The van der Waals surface area contributed by atoms with Gasteiger partial charge < -0.3 is 20.5 Å². The predicted octanol–water partition coefficient (Wildman–Crippen LogP) is 1.57. The summed E-state index contributed by atoms with van der Waals surface area (Å²) in [6.45, 7) is 2.88. The summed E-state index contributed by atoms with van der Waals surface area (Å²) in [5.74, 6) is -3.69. The first-order valence-corrected chi connectivity index (χ1v) is 6.60. The summed E-state index contributed by atoms with van der Waals surface area (Å²) >= 11 is 5.79. The minimum Gasteiger partial charge on any atom is -0.419 e. The van der Waals surface area contributed by atoms with Crippen molar-refractivity contribution in [2.75, 3.05) is 5.32 Å². The second kappa shape index (κ2) is 5.69. The Kier molecular flexibility index (Phi) is 4.09. The Morgan fingerprint density at radius 1 is 1.27 bits per heavy atom. The molecule has 7 nitrogen and oxygen atoms in total. The second-order valence-corrected chi connectivity index (χ2v) is 5.37. The molecular formula is C14H13ClN2O5. The van der Waals surface area contributed by atoms with Crippen LogP contribution in [0.25, 0.3) is 0 Å². The number of amides is 1. The highest BCUT2D eigenvalue weighted by Crippen LogP contribution is 2.24. The third-order valence-corrected chi connectivity index (χ3v) is 2.97. The highest BCUT2D eigenvalue weighted by Gasteiger charge is 2.38. The minimum absolute atomic E-state index is 0.113. The molecule has 0 bridgehead atoms. The van der Waals surface area contributed by atoms with Gasteiger partial charge in [-0.05, 0) is 18.2 Å². The smallest absolute Gasteiger partial charge is 0.350 e. The van der Waals surface area contributed by atoms with Gasteiger partial charge in [-0.3, -0.25) is 4.79 Å². The van der Waals surface area contributed by atoms with Gasteiger partial charge in [0.05, 0.1) is 11.3 Å². The van der Waals surface area contributed by atoms with Gasteiger partial charge in [0.15, 0.2) is 5.57 Å². The van der Waals surface area contributed by atoms with E-state index in [0.717, 1.165) is 6.20 Å². The highest BCUT2D eigenvalue weighted by atomic mass is 35.5. The number of carbonyl (C=O) groups is 3. The van der Waals surface area contributed by atoms with Crippen LogP contribution in [0.3, 0.4) is 0 Å². The molecule has 1 aromatic rings. The van der Waals surface area contributed by atoms with E-state index in [1.165, 1.54) is 32.0 Å². The number of cyclic esters (lactones) is 2. The van der Waals surface area contributed by atoms with Crippen LogP contribution in [0.15, 0.2) is 30.0 Å². The molecule has 1 aliphatic heterocycles. The number of anilines is 1. The number of hydrogen-bond donors (Lipinski definition) is 2. The highest BCUT2D eigenvalue weighted by molar-refractivity contribution is 6.31. The van der Waals surface area contributed by atoms with E-state index in [-0.39, 0.29) is 16.8 Å². The molecule has 0 radical (unpaired) electrons. The van der Waals surface area contributed by atoms with Gasteiger partial charge in [-0.2, -0.15) is 0 Å². The van der Waals surface area contributed by atoms with Crippen molar-refractivity contribution < 1.29 is 23.9 Å². The summed E-state index contributed by atoms with van der Waals surface area (Å²) in [6.07, 6.45) is 1.09. The molecule has 1 fully saturated rings. The summed E-state index contributed by atoms with van der Waals surface area (Å²) in [5.41, 5.74) is 5.31. The topological polar surface area (TPSA) is 108 Å². The number of hydrogen-bond acceptors (Lipinski definition) is 6. The zero-order chi connectivity index (χ0) is 16.5. The molecule has 0 atom stereocenters. The number of carbonyl (C=O) groups excluding carboxylic acids is 3. The van der Waals surface area contributed by atoms with E-state index < -0.39 is 23.6 Å². The summed E-state index contributed by atoms with van der Waals surface area (Å²) < 4.78 is 9.88. The maximum atomic E-state index is 11.8. The lowest BCUT2D eigenvalue weighted by molar-refractivity contribution is -0.222. The second-order valence-electron chi connectivity index (χ2n) is 4.94. The molecule has 1 amide bonds. The number of rotatable bonds is 3. The van der Waals surface area contributed by atoms with Crippen molar-refractivity contribution in [1.29, 1.82) is 0 Å². The quantitative estimate of drug-likeness (QED) is 0.496. The van der Waals surface area contributed by atoms with E-state index in [0.29, 0.717) is 5.02 Å². The lowest BCUT2D eigenvalue weighted by Crippen LogP contribution is -2.42. The van der Waals surface area contributed by atoms with Gasteiger partial charge in [0.2, 0.25) is 0 Å². The summed E-state index contributed by atoms with van der Waals surface area (Å²) in [6, 6.07) is 4.38. The van der Waals surface area contributed by atoms with Gasteiger partial charge in [0.25, 0.3) is 11.7 Å². The van der Waals surface area contributed by atoms with Gasteiger partial charge in [-0.25, -0.2) is 9.59 Å². The van der Waals surface area contributed by atoms with Crippen molar-refractivity contribution in [1.82, 2.24) is 0 Å². The zero-order valence-corrected chi connectivity index (χ0v) is 12.6. The Morgan fingerprint density at radius 3 is 2.41 bits per heavy atom. The third-order valence-electron chi connectivity index (χ3n) is 2.74. The van der Waals surface area contributed by atoms with Crippen LogP contribution in [0.1, 0.15) is 24.2 Å². The lowest BCUT2D eigenvalue weighted by atomic mass is 10.1. The van der Waals surface area contributed by atoms with E-state index >= 15 is 0 Å². The summed E-state index contributed by atoms with van der Waals surface area (Å²) in [4.78, 5) is 34.9. The zero-order valence-electron chi connectivity index (χ0n) is 11.8. The molecular weight excluding hydrogens is 312 g/mol. The van der Waals surface area contributed by atoms with Crippen molar-refractivity contribution in [2.45, 2.75) is 19.6 Å². The van der Waals surface area contributed by atoms with Crippen LogP contribution < -0.4 is 11.1 Å². The van der Waals surface area contributed by atoms with Crippen molar-refractivity contribution >= 4 is 35.1 Å². The van der Waals surface area contributed by atoms with E-state index in [1.54, 1.807) is 0 Å². The first kappa shape index (κ1) is 15.8. The molecule has 1 aliphatic rings. The fraction of sp³-hybridized carbons (Fsp3) is 0.214. The number of ether oxygens (including phenoxy) is 2. The molecule has 1 heterocycles. The molecule has 0 unspecified atom stereocenters. The Balaban J connectivity index is 2.27. The Morgan fingerprint density at radius 2 is 1.86 bits per heavy atom. The molecule has 3 N–H and O–H groups in total. The molecule has 8 heteroatoms. The normalized spacial score (nSPS) is 16.6. The fourth-order valence-electron chi connectivity index (χ4n) is 1.77. The van der Waals surface area contributed by atoms with E-state index in [2.05, 4.69) is 5.32 Å². The lowest BCUT2D eigenvalue weighted by Gasteiger charge is -2.29. The molecule has 0 spiro atoms. The summed E-state index contributed by atoms with van der Waals surface area (Å²) in [5, 5.41) is 2.98. The van der Waals surface area contributed by atoms with Crippen LogP contribution >= 0.6 is 11.6 Å². The van der Waals surface area contributed by atoms with Crippen LogP contribution in [0.4, 0.5) is 5.69 Å². The standard InChI is InChI=1S/C14H13ClN2O5/c1-14(2)21-12(19)9(13(20)22-14)6-17-10-4-3-7(15)5-8(10)11(16)18/h3-6,17H,1-2H3,(H2,16,18). The number of nitrogens with two attached hydrogens (primary N) is 1. The van der Waals surface area contributed by atoms with E-state index in [9.17, 15) is 14.4 Å². The van der Waals surface area contributed by atoms with Crippen molar-refractivity contribution in [2.24, 2.45) is 5.73 Å². The molecule has 116 valence electrons. The molecule has 2 rings (SSSR count). The van der Waals surface area contributed by atoms with Crippen LogP contribution in [-0.4, -0.2) is 23.6 Å². The minimum atomic E-state index is -1.32. The van der Waals surface area contributed by atoms with Crippen LogP contribution in [-0.2, 0) is 19.1 Å². The first-order chi connectivity index (χ1) is 10.2. The maximum Gasteiger partial charge on any atom is 0.350 e. The van der Waals surface area contributed by atoms with E-state index in [4.69, 9.17) is 26.8 Å². The average Bonchev–Trinajstić information content (AvgIpc) is 2.37. The molecule has 22 heavy (non-hydrogen) atoms. The van der Waals surface area contributed by atoms with Crippen molar-refractivity contribution in [3.63, 3.8) is 0 Å². The molecule has 1 aromatic carbocycles. The molecule has 0 aromatic heterocycles. The Bertz CT molecular complexity index is 674. The monoisotopic (exact) mass is 324 g/mol. The third kappa shape index (κ3) is 3.37.